The highest BCUT2D eigenvalue weighted by Crippen LogP contribution is 2.17. The predicted octanol–water partition coefficient (Wildman–Crippen LogP) is 4.78. The summed E-state index contributed by atoms with van der Waals surface area (Å²) >= 11 is 8.14. The first-order valence-electron chi connectivity index (χ1n) is 7.29. The monoisotopic (exact) mass is 441 g/mol. The summed E-state index contributed by atoms with van der Waals surface area (Å²) in [7, 11) is 0. The number of hydrogen-bond acceptors (Lipinski definition) is 2. The Morgan fingerprint density at radius 2 is 1.83 bits per heavy atom. The number of rotatable bonds is 6. The van der Waals surface area contributed by atoms with Crippen molar-refractivity contribution in [1.29, 1.82) is 0 Å². The van der Waals surface area contributed by atoms with Gasteiger partial charge in [0.15, 0.2) is 5.78 Å². The summed E-state index contributed by atoms with van der Waals surface area (Å²) in [6.07, 6.45) is 0.379. The van der Waals surface area contributed by atoms with Crippen LogP contribution in [0.5, 0.6) is 0 Å². The van der Waals surface area contributed by atoms with E-state index in [1.54, 1.807) is 18.2 Å². The van der Waals surface area contributed by atoms with Gasteiger partial charge in [-0.1, -0.05) is 35.9 Å². The Morgan fingerprint density at radius 1 is 1.13 bits per heavy atom. The number of Topliss-reactive ketones (excluding diaryl/α,β-unsaturated/α-hetero) is 1. The molecule has 0 aliphatic carbocycles. The van der Waals surface area contributed by atoms with Crippen LogP contribution < -0.4 is 5.32 Å². The van der Waals surface area contributed by atoms with Gasteiger partial charge >= 0.3 is 0 Å². The molecule has 0 heterocycles. The molecule has 2 aromatic carbocycles. The van der Waals surface area contributed by atoms with Crippen molar-refractivity contribution in [2.45, 2.75) is 25.8 Å². The molecule has 120 valence electrons. The summed E-state index contributed by atoms with van der Waals surface area (Å²) in [4.78, 5) is 24.1. The molecule has 0 aromatic heterocycles. The van der Waals surface area contributed by atoms with Gasteiger partial charge in [0.2, 0.25) is 5.91 Å². The van der Waals surface area contributed by atoms with Crippen molar-refractivity contribution >= 4 is 45.9 Å². The normalized spacial score (nSPS) is 11.8. The van der Waals surface area contributed by atoms with E-state index in [9.17, 15) is 9.59 Å². The van der Waals surface area contributed by atoms with Gasteiger partial charge < -0.3 is 5.32 Å². The van der Waals surface area contributed by atoms with E-state index in [-0.39, 0.29) is 30.6 Å². The van der Waals surface area contributed by atoms with E-state index in [2.05, 4.69) is 27.9 Å². The Bertz CT molecular complexity index is 700. The Labute approximate surface area is 154 Å². The highest BCUT2D eigenvalue weighted by molar-refractivity contribution is 14.1. The van der Waals surface area contributed by atoms with Crippen molar-refractivity contribution in [2.24, 2.45) is 0 Å². The van der Waals surface area contributed by atoms with E-state index < -0.39 is 0 Å². The lowest BCUT2D eigenvalue weighted by Gasteiger charge is -2.14. The highest BCUT2D eigenvalue weighted by Gasteiger charge is 2.12. The number of ketones is 1. The first-order chi connectivity index (χ1) is 11.0. The molecule has 1 atom stereocenters. The molecule has 0 radical (unpaired) electrons. The van der Waals surface area contributed by atoms with Crippen molar-refractivity contribution in [3.05, 3.63) is 68.3 Å². The standard InChI is InChI=1S/C18H17ClINO2/c1-12(14-3-2-4-15(19)11-14)21-18(23)10-9-17(22)13-5-7-16(20)8-6-13/h2-8,11-12H,9-10H2,1H3,(H,21,23)/t12-/m0/s1. The van der Waals surface area contributed by atoms with E-state index in [4.69, 9.17) is 11.6 Å². The van der Waals surface area contributed by atoms with Gasteiger partial charge in [-0.2, -0.15) is 0 Å². The fraction of sp³-hybridized carbons (Fsp3) is 0.222. The van der Waals surface area contributed by atoms with E-state index in [1.807, 2.05) is 37.3 Å². The fourth-order valence-corrected chi connectivity index (χ4v) is 2.74. The average molecular weight is 442 g/mol. The van der Waals surface area contributed by atoms with Crippen molar-refractivity contribution in [3.63, 3.8) is 0 Å². The molecule has 3 nitrogen and oxygen atoms in total. The van der Waals surface area contributed by atoms with E-state index in [1.165, 1.54) is 0 Å². The smallest absolute Gasteiger partial charge is 0.220 e. The molecule has 0 saturated heterocycles. The number of hydrogen-bond donors (Lipinski definition) is 1. The van der Waals surface area contributed by atoms with Crippen molar-refractivity contribution in [3.8, 4) is 0 Å². The largest absolute Gasteiger partial charge is 0.350 e. The molecule has 0 fully saturated rings. The van der Waals surface area contributed by atoms with E-state index in [0.29, 0.717) is 10.6 Å². The van der Waals surface area contributed by atoms with Gasteiger partial charge in [0.05, 0.1) is 6.04 Å². The molecule has 0 aliphatic heterocycles. The van der Waals surface area contributed by atoms with Crippen LogP contribution in [-0.4, -0.2) is 11.7 Å². The van der Waals surface area contributed by atoms with Gasteiger partial charge in [-0.05, 0) is 59.3 Å². The van der Waals surface area contributed by atoms with Crippen LogP contribution in [0, 0.1) is 3.57 Å². The van der Waals surface area contributed by atoms with Crippen LogP contribution in [0.25, 0.3) is 0 Å². The summed E-state index contributed by atoms with van der Waals surface area (Å²) in [5, 5.41) is 3.52. The maximum atomic E-state index is 12.1. The maximum Gasteiger partial charge on any atom is 0.220 e. The molecule has 1 amide bonds. The third-order valence-electron chi connectivity index (χ3n) is 3.47. The predicted molar refractivity (Wildman–Crippen MR) is 101 cm³/mol. The molecule has 2 aromatic rings. The number of carbonyl (C=O) groups is 2. The van der Waals surface area contributed by atoms with E-state index >= 15 is 0 Å². The summed E-state index contributed by atoms with van der Waals surface area (Å²) < 4.78 is 1.08. The average Bonchev–Trinajstić information content (AvgIpc) is 2.53. The van der Waals surface area contributed by atoms with Crippen molar-refractivity contribution < 1.29 is 9.59 Å². The Morgan fingerprint density at radius 3 is 2.48 bits per heavy atom. The second-order valence-electron chi connectivity index (χ2n) is 5.27. The summed E-state index contributed by atoms with van der Waals surface area (Å²) in [5.74, 6) is -0.164. The van der Waals surface area contributed by atoms with Crippen molar-refractivity contribution in [1.82, 2.24) is 5.32 Å². The van der Waals surface area contributed by atoms with Gasteiger partial charge in [0, 0.05) is 27.0 Å². The first kappa shape index (κ1) is 17.9. The lowest BCUT2D eigenvalue weighted by atomic mass is 10.1. The topological polar surface area (TPSA) is 46.2 Å². The SMILES string of the molecule is C[C@H](NC(=O)CCC(=O)c1ccc(I)cc1)c1cccc(Cl)c1. The Hall–Kier alpha value is -1.40. The molecular weight excluding hydrogens is 425 g/mol. The van der Waals surface area contributed by atoms with Gasteiger partial charge in [0.1, 0.15) is 0 Å². The molecule has 0 spiro atoms. The minimum absolute atomic E-state index is 0.0213. The zero-order valence-electron chi connectivity index (χ0n) is 12.7. The second-order valence-corrected chi connectivity index (χ2v) is 6.96. The molecule has 1 N–H and O–H groups in total. The maximum absolute atomic E-state index is 12.1. The second kappa shape index (κ2) is 8.45. The molecular formula is C18H17ClINO2. The van der Waals surface area contributed by atoms with Gasteiger partial charge in [-0.25, -0.2) is 0 Å². The summed E-state index contributed by atoms with van der Waals surface area (Å²) in [6, 6.07) is 14.6. The molecule has 23 heavy (non-hydrogen) atoms. The molecule has 0 aliphatic rings. The number of benzene rings is 2. The quantitative estimate of drug-likeness (QED) is 0.518. The lowest BCUT2D eigenvalue weighted by molar-refractivity contribution is -0.121. The van der Waals surface area contributed by atoms with Crippen molar-refractivity contribution in [2.75, 3.05) is 0 Å². The summed E-state index contributed by atoms with van der Waals surface area (Å²) in [6.45, 7) is 1.89. The van der Waals surface area contributed by atoms with Crippen LogP contribution in [0.1, 0.15) is 41.7 Å². The van der Waals surface area contributed by atoms with Crippen LogP contribution in [0.4, 0.5) is 0 Å². The number of carbonyl (C=O) groups excluding carboxylic acids is 2. The number of amides is 1. The van der Waals surface area contributed by atoms with Crippen LogP contribution in [0.15, 0.2) is 48.5 Å². The first-order valence-corrected chi connectivity index (χ1v) is 8.75. The minimum atomic E-state index is -0.144. The van der Waals surface area contributed by atoms with Crippen LogP contribution >= 0.6 is 34.2 Å². The third-order valence-corrected chi connectivity index (χ3v) is 4.43. The van der Waals surface area contributed by atoms with Crippen LogP contribution in [0.2, 0.25) is 5.02 Å². The summed E-state index contributed by atoms with van der Waals surface area (Å²) in [5.41, 5.74) is 1.58. The molecule has 5 heteroatoms. The molecule has 0 unspecified atom stereocenters. The number of halogens is 2. The van der Waals surface area contributed by atoms with Gasteiger partial charge in [0.25, 0.3) is 0 Å². The molecule has 2 rings (SSSR count). The zero-order valence-corrected chi connectivity index (χ0v) is 15.6. The molecule has 0 bridgehead atoms. The third kappa shape index (κ3) is 5.62. The minimum Gasteiger partial charge on any atom is -0.350 e. The highest BCUT2D eigenvalue weighted by atomic mass is 127. The fourth-order valence-electron chi connectivity index (χ4n) is 2.18. The zero-order chi connectivity index (χ0) is 16.8. The van der Waals surface area contributed by atoms with E-state index in [0.717, 1.165) is 9.13 Å². The Balaban J connectivity index is 1.85. The lowest BCUT2D eigenvalue weighted by Crippen LogP contribution is -2.26. The van der Waals surface area contributed by atoms with Crippen LogP contribution in [-0.2, 0) is 4.79 Å². The Kier molecular flexibility index (Phi) is 6.59. The van der Waals surface area contributed by atoms with Crippen LogP contribution in [0.3, 0.4) is 0 Å². The van der Waals surface area contributed by atoms with Gasteiger partial charge in [-0.15, -0.1) is 0 Å². The number of nitrogens with one attached hydrogen (secondary N) is 1. The molecule has 0 saturated carbocycles. The van der Waals surface area contributed by atoms with Gasteiger partial charge in [-0.3, -0.25) is 9.59 Å².